The maximum Gasteiger partial charge on any atom is 0.246 e. The number of aryl methyl sites for hydroxylation is 1. The highest BCUT2D eigenvalue weighted by Crippen LogP contribution is 2.31. The summed E-state index contributed by atoms with van der Waals surface area (Å²) in [6, 6.07) is 13.4. The van der Waals surface area contributed by atoms with E-state index < -0.39 is 0 Å². The molecule has 0 aliphatic rings. The molecule has 152 valence electrons. The van der Waals surface area contributed by atoms with Crippen molar-refractivity contribution in [3.8, 4) is 22.9 Å². The van der Waals surface area contributed by atoms with Crippen LogP contribution in [0.15, 0.2) is 47.0 Å². The molecule has 0 spiro atoms. The van der Waals surface area contributed by atoms with E-state index in [1.165, 1.54) is 5.56 Å². The van der Waals surface area contributed by atoms with Gasteiger partial charge in [0.05, 0.1) is 27.2 Å². The first-order valence-corrected chi connectivity index (χ1v) is 9.42. The molecule has 0 saturated carbocycles. The molecule has 2 aromatic carbocycles. The Hall–Kier alpha value is -3.35. The summed E-state index contributed by atoms with van der Waals surface area (Å²) in [4.78, 5) is 18.8. The fourth-order valence-electron chi connectivity index (χ4n) is 2.94. The average molecular weight is 395 g/mol. The zero-order valence-electron chi connectivity index (χ0n) is 17.1. The second-order valence-electron chi connectivity index (χ2n) is 6.65. The van der Waals surface area contributed by atoms with E-state index in [1.807, 2.05) is 44.2 Å². The molecule has 0 N–H and O–H groups in total. The maximum atomic E-state index is 12.7. The Bertz CT molecular complexity index is 966. The quantitative estimate of drug-likeness (QED) is 0.579. The van der Waals surface area contributed by atoms with Crippen LogP contribution < -0.4 is 9.47 Å². The highest BCUT2D eigenvalue weighted by molar-refractivity contribution is 5.78. The van der Waals surface area contributed by atoms with Crippen LogP contribution in [-0.4, -0.2) is 41.7 Å². The van der Waals surface area contributed by atoms with E-state index in [4.69, 9.17) is 14.0 Å². The fraction of sp³-hybridized carbons (Fsp3) is 0.318. The van der Waals surface area contributed by atoms with Gasteiger partial charge in [-0.05, 0) is 37.6 Å². The molecule has 0 bridgehead atoms. The first-order valence-electron chi connectivity index (χ1n) is 9.42. The predicted octanol–water partition coefficient (Wildman–Crippen LogP) is 3.65. The lowest BCUT2D eigenvalue weighted by molar-refractivity contribution is -0.131. The SMILES string of the molecule is CCN(Cc1nc(-c2ccc(OC)c(OC)c2)no1)C(=O)Cc1ccc(C)cc1. The molecular formula is C22H25N3O4. The first kappa shape index (κ1) is 20.4. The third-order valence-corrected chi connectivity index (χ3v) is 4.65. The second-order valence-corrected chi connectivity index (χ2v) is 6.65. The number of likely N-dealkylation sites (N-methyl/N-ethyl adjacent to an activating group) is 1. The molecule has 7 nitrogen and oxygen atoms in total. The van der Waals surface area contributed by atoms with Gasteiger partial charge in [0.15, 0.2) is 11.5 Å². The topological polar surface area (TPSA) is 77.7 Å². The fourth-order valence-corrected chi connectivity index (χ4v) is 2.94. The average Bonchev–Trinajstić information content (AvgIpc) is 3.21. The van der Waals surface area contributed by atoms with Crippen LogP contribution in [0.1, 0.15) is 23.9 Å². The molecular weight excluding hydrogens is 370 g/mol. The van der Waals surface area contributed by atoms with Crippen molar-refractivity contribution in [2.75, 3.05) is 20.8 Å². The van der Waals surface area contributed by atoms with Gasteiger partial charge in [-0.15, -0.1) is 0 Å². The Morgan fingerprint density at radius 1 is 1.07 bits per heavy atom. The molecule has 0 unspecified atom stereocenters. The zero-order chi connectivity index (χ0) is 20.8. The van der Waals surface area contributed by atoms with Crippen molar-refractivity contribution in [3.63, 3.8) is 0 Å². The number of benzene rings is 2. The van der Waals surface area contributed by atoms with Crippen LogP contribution in [-0.2, 0) is 17.8 Å². The lowest BCUT2D eigenvalue weighted by atomic mass is 10.1. The zero-order valence-corrected chi connectivity index (χ0v) is 17.1. The number of hydrogen-bond acceptors (Lipinski definition) is 6. The van der Waals surface area contributed by atoms with E-state index in [2.05, 4.69) is 10.1 Å². The minimum atomic E-state index is 0.0159. The lowest BCUT2D eigenvalue weighted by Crippen LogP contribution is -2.31. The molecule has 0 radical (unpaired) electrons. The summed E-state index contributed by atoms with van der Waals surface area (Å²) in [5, 5.41) is 4.04. The van der Waals surface area contributed by atoms with Crippen molar-refractivity contribution in [1.29, 1.82) is 0 Å². The molecule has 0 aliphatic carbocycles. The number of carbonyl (C=O) groups is 1. The van der Waals surface area contributed by atoms with E-state index in [-0.39, 0.29) is 12.5 Å². The molecule has 1 aromatic heterocycles. The van der Waals surface area contributed by atoms with Crippen LogP contribution in [0.5, 0.6) is 11.5 Å². The second kappa shape index (κ2) is 9.23. The van der Waals surface area contributed by atoms with Gasteiger partial charge in [0, 0.05) is 12.1 Å². The van der Waals surface area contributed by atoms with Gasteiger partial charge in [0.1, 0.15) is 0 Å². The van der Waals surface area contributed by atoms with Crippen LogP contribution in [0.3, 0.4) is 0 Å². The van der Waals surface area contributed by atoms with Crippen molar-refractivity contribution in [3.05, 3.63) is 59.5 Å². The van der Waals surface area contributed by atoms with Gasteiger partial charge in [-0.3, -0.25) is 4.79 Å². The van der Waals surface area contributed by atoms with Crippen LogP contribution in [0, 0.1) is 6.92 Å². The third kappa shape index (κ3) is 4.93. The first-order chi connectivity index (χ1) is 14.0. The third-order valence-electron chi connectivity index (χ3n) is 4.65. The summed E-state index contributed by atoms with van der Waals surface area (Å²) in [7, 11) is 3.15. The van der Waals surface area contributed by atoms with E-state index in [0.29, 0.717) is 36.2 Å². The molecule has 0 aliphatic heterocycles. The minimum Gasteiger partial charge on any atom is -0.493 e. The van der Waals surface area contributed by atoms with Crippen LogP contribution >= 0.6 is 0 Å². The minimum absolute atomic E-state index is 0.0159. The number of ether oxygens (including phenoxy) is 2. The highest BCUT2D eigenvalue weighted by atomic mass is 16.5. The van der Waals surface area contributed by atoms with Gasteiger partial charge in [-0.1, -0.05) is 35.0 Å². The molecule has 7 heteroatoms. The summed E-state index contributed by atoms with van der Waals surface area (Å²) in [5.41, 5.74) is 2.89. The summed E-state index contributed by atoms with van der Waals surface area (Å²) in [6.45, 7) is 4.77. The number of nitrogens with zero attached hydrogens (tertiary/aromatic N) is 3. The molecule has 0 atom stereocenters. The van der Waals surface area contributed by atoms with Crippen LogP contribution in [0.25, 0.3) is 11.4 Å². The smallest absolute Gasteiger partial charge is 0.246 e. The number of aromatic nitrogens is 2. The normalized spacial score (nSPS) is 10.6. The number of amides is 1. The number of carbonyl (C=O) groups excluding carboxylic acids is 1. The predicted molar refractivity (Wildman–Crippen MR) is 109 cm³/mol. The molecule has 3 aromatic rings. The van der Waals surface area contributed by atoms with Crippen molar-refractivity contribution in [1.82, 2.24) is 15.0 Å². The monoisotopic (exact) mass is 395 g/mol. The highest BCUT2D eigenvalue weighted by Gasteiger charge is 2.18. The summed E-state index contributed by atoms with van der Waals surface area (Å²) < 4.78 is 15.9. The molecule has 1 heterocycles. The van der Waals surface area contributed by atoms with Gasteiger partial charge in [-0.25, -0.2) is 0 Å². The maximum absolute atomic E-state index is 12.7. The van der Waals surface area contributed by atoms with Gasteiger partial charge in [0.2, 0.25) is 17.6 Å². The Morgan fingerprint density at radius 3 is 2.45 bits per heavy atom. The van der Waals surface area contributed by atoms with Crippen LogP contribution in [0.2, 0.25) is 0 Å². The molecule has 0 fully saturated rings. The van der Waals surface area contributed by atoms with Gasteiger partial charge in [-0.2, -0.15) is 4.98 Å². The molecule has 1 amide bonds. The van der Waals surface area contributed by atoms with Crippen LogP contribution in [0.4, 0.5) is 0 Å². The summed E-state index contributed by atoms with van der Waals surface area (Å²) in [6.07, 6.45) is 0.338. The van der Waals surface area contributed by atoms with E-state index in [0.717, 1.165) is 11.1 Å². The molecule has 3 rings (SSSR count). The van der Waals surface area contributed by atoms with Crippen molar-refractivity contribution in [2.45, 2.75) is 26.8 Å². The standard InChI is InChI=1S/C22H25N3O4/c1-5-25(21(26)12-16-8-6-15(2)7-9-16)14-20-23-22(24-29-20)17-10-11-18(27-3)19(13-17)28-4/h6-11,13H,5,12,14H2,1-4H3. The van der Waals surface area contributed by atoms with E-state index >= 15 is 0 Å². The van der Waals surface area contributed by atoms with Gasteiger partial charge in [0.25, 0.3) is 0 Å². The molecule has 29 heavy (non-hydrogen) atoms. The Kier molecular flexibility index (Phi) is 6.49. The number of hydrogen-bond donors (Lipinski definition) is 0. The number of rotatable bonds is 8. The van der Waals surface area contributed by atoms with Gasteiger partial charge >= 0.3 is 0 Å². The van der Waals surface area contributed by atoms with Gasteiger partial charge < -0.3 is 18.9 Å². The Morgan fingerprint density at radius 2 is 1.79 bits per heavy atom. The molecule has 0 saturated heterocycles. The van der Waals surface area contributed by atoms with Crippen molar-refractivity contribution >= 4 is 5.91 Å². The Balaban J connectivity index is 1.70. The van der Waals surface area contributed by atoms with E-state index in [9.17, 15) is 4.79 Å². The summed E-state index contributed by atoms with van der Waals surface area (Å²) >= 11 is 0. The Labute approximate surface area is 170 Å². The largest absolute Gasteiger partial charge is 0.493 e. The van der Waals surface area contributed by atoms with Crippen molar-refractivity contribution < 1.29 is 18.8 Å². The van der Waals surface area contributed by atoms with Crippen molar-refractivity contribution in [2.24, 2.45) is 0 Å². The number of methoxy groups -OCH3 is 2. The lowest BCUT2D eigenvalue weighted by Gasteiger charge is -2.18. The van der Waals surface area contributed by atoms with E-state index in [1.54, 1.807) is 31.3 Å². The summed E-state index contributed by atoms with van der Waals surface area (Å²) in [5.74, 6) is 2.04.